The number of nitrogens with one attached hydrogen (secondary N) is 1. The average molecular weight is 208 g/mol. The highest BCUT2D eigenvalue weighted by Gasteiger charge is 2.12. The van der Waals surface area contributed by atoms with E-state index < -0.39 is 0 Å². The highest BCUT2D eigenvalue weighted by molar-refractivity contribution is 4.89. The largest absolute Gasteiger partial charge is 0.378 e. The number of hydrogen-bond acceptors (Lipinski definition) is 2. The fraction of sp³-hybridized carbons (Fsp3) is 0.667. The van der Waals surface area contributed by atoms with Crippen LogP contribution in [0, 0.1) is 0 Å². The Balaban J connectivity index is 1.54. The molecule has 1 N–H and O–H groups in total. The molecule has 0 aliphatic carbocycles. The number of rotatable bonds is 5. The zero-order chi connectivity index (χ0) is 10.3. The van der Waals surface area contributed by atoms with Crippen LogP contribution in [0.3, 0.4) is 0 Å². The van der Waals surface area contributed by atoms with Crippen LogP contribution in [0.15, 0.2) is 24.5 Å². The first kappa shape index (κ1) is 10.7. The molecule has 1 aromatic rings. The van der Waals surface area contributed by atoms with Gasteiger partial charge in [-0.05, 0) is 44.5 Å². The lowest BCUT2D eigenvalue weighted by atomic mass is 10.1. The summed E-state index contributed by atoms with van der Waals surface area (Å²) >= 11 is 0. The SMILES string of the molecule is c1ccn(CCCOC2CCNCC2)c1. The first-order valence-electron chi connectivity index (χ1n) is 5.88. The summed E-state index contributed by atoms with van der Waals surface area (Å²) in [4.78, 5) is 0. The zero-order valence-corrected chi connectivity index (χ0v) is 9.19. The Morgan fingerprint density at radius 2 is 1.93 bits per heavy atom. The van der Waals surface area contributed by atoms with Gasteiger partial charge in [-0.2, -0.15) is 0 Å². The summed E-state index contributed by atoms with van der Waals surface area (Å²) < 4.78 is 8.03. The summed E-state index contributed by atoms with van der Waals surface area (Å²) in [5.41, 5.74) is 0. The first-order chi connectivity index (χ1) is 7.45. The molecule has 0 unspecified atom stereocenters. The van der Waals surface area contributed by atoms with E-state index in [4.69, 9.17) is 4.74 Å². The number of aromatic nitrogens is 1. The minimum Gasteiger partial charge on any atom is -0.378 e. The maximum atomic E-state index is 5.83. The van der Waals surface area contributed by atoms with E-state index in [1.807, 2.05) is 0 Å². The van der Waals surface area contributed by atoms with Crippen LogP contribution in [0.5, 0.6) is 0 Å². The van der Waals surface area contributed by atoms with E-state index in [1.165, 1.54) is 12.8 Å². The second-order valence-corrected chi connectivity index (χ2v) is 4.09. The van der Waals surface area contributed by atoms with Gasteiger partial charge >= 0.3 is 0 Å². The summed E-state index contributed by atoms with van der Waals surface area (Å²) in [6.45, 7) is 4.19. The zero-order valence-electron chi connectivity index (χ0n) is 9.19. The molecule has 0 spiro atoms. The monoisotopic (exact) mass is 208 g/mol. The summed E-state index contributed by atoms with van der Waals surface area (Å²) in [7, 11) is 0. The van der Waals surface area contributed by atoms with Gasteiger partial charge in [0.25, 0.3) is 0 Å². The van der Waals surface area contributed by atoms with E-state index >= 15 is 0 Å². The van der Waals surface area contributed by atoms with Gasteiger partial charge in [0.05, 0.1) is 6.10 Å². The first-order valence-corrected chi connectivity index (χ1v) is 5.88. The van der Waals surface area contributed by atoms with Crippen molar-refractivity contribution in [3.8, 4) is 0 Å². The van der Waals surface area contributed by atoms with Crippen LogP contribution in [0.25, 0.3) is 0 Å². The molecule has 1 fully saturated rings. The van der Waals surface area contributed by atoms with Gasteiger partial charge in [0, 0.05) is 25.5 Å². The van der Waals surface area contributed by atoms with Gasteiger partial charge in [0.2, 0.25) is 0 Å². The van der Waals surface area contributed by atoms with Crippen molar-refractivity contribution in [3.05, 3.63) is 24.5 Å². The Morgan fingerprint density at radius 1 is 1.20 bits per heavy atom. The molecule has 84 valence electrons. The van der Waals surface area contributed by atoms with Gasteiger partial charge in [-0.25, -0.2) is 0 Å². The van der Waals surface area contributed by atoms with Crippen molar-refractivity contribution in [3.63, 3.8) is 0 Å². The second kappa shape index (κ2) is 5.93. The highest BCUT2D eigenvalue weighted by Crippen LogP contribution is 2.07. The van der Waals surface area contributed by atoms with Crippen molar-refractivity contribution >= 4 is 0 Å². The van der Waals surface area contributed by atoms with Gasteiger partial charge in [0.15, 0.2) is 0 Å². The summed E-state index contributed by atoms with van der Waals surface area (Å²) in [5, 5.41) is 3.34. The molecule has 2 rings (SSSR count). The Hall–Kier alpha value is -0.800. The van der Waals surface area contributed by atoms with Crippen LogP contribution < -0.4 is 5.32 Å². The minimum absolute atomic E-state index is 0.496. The van der Waals surface area contributed by atoms with Crippen molar-refractivity contribution in [2.45, 2.75) is 31.9 Å². The van der Waals surface area contributed by atoms with Gasteiger partial charge in [-0.1, -0.05) is 0 Å². The van der Waals surface area contributed by atoms with Crippen molar-refractivity contribution < 1.29 is 4.74 Å². The molecular weight excluding hydrogens is 188 g/mol. The Kier molecular flexibility index (Phi) is 4.23. The maximum Gasteiger partial charge on any atom is 0.0599 e. The van der Waals surface area contributed by atoms with E-state index in [2.05, 4.69) is 34.4 Å². The predicted molar refractivity (Wildman–Crippen MR) is 60.9 cm³/mol. The third-order valence-electron chi connectivity index (χ3n) is 2.87. The molecule has 1 aromatic heterocycles. The summed E-state index contributed by atoms with van der Waals surface area (Å²) in [6.07, 6.45) is 8.15. The van der Waals surface area contributed by atoms with Crippen LogP contribution in [0.2, 0.25) is 0 Å². The Morgan fingerprint density at radius 3 is 2.67 bits per heavy atom. The highest BCUT2D eigenvalue weighted by atomic mass is 16.5. The number of nitrogens with zero attached hydrogens (tertiary/aromatic N) is 1. The molecule has 2 heterocycles. The molecule has 0 bridgehead atoms. The van der Waals surface area contributed by atoms with Gasteiger partial charge in [0.1, 0.15) is 0 Å². The number of ether oxygens (including phenoxy) is 1. The van der Waals surface area contributed by atoms with E-state index in [9.17, 15) is 0 Å². The van der Waals surface area contributed by atoms with Crippen LogP contribution in [0.4, 0.5) is 0 Å². The lowest BCUT2D eigenvalue weighted by Gasteiger charge is -2.22. The molecule has 1 saturated heterocycles. The van der Waals surface area contributed by atoms with Crippen molar-refractivity contribution in [1.29, 1.82) is 0 Å². The van der Waals surface area contributed by atoms with E-state index in [0.717, 1.165) is 32.7 Å². The molecule has 0 amide bonds. The van der Waals surface area contributed by atoms with Crippen LogP contribution in [0.1, 0.15) is 19.3 Å². The fourth-order valence-corrected chi connectivity index (χ4v) is 1.98. The molecule has 0 saturated carbocycles. The number of hydrogen-bond donors (Lipinski definition) is 1. The van der Waals surface area contributed by atoms with Gasteiger partial charge < -0.3 is 14.6 Å². The van der Waals surface area contributed by atoms with Crippen molar-refractivity contribution in [1.82, 2.24) is 9.88 Å². The quantitative estimate of drug-likeness (QED) is 0.745. The van der Waals surface area contributed by atoms with Crippen molar-refractivity contribution in [2.75, 3.05) is 19.7 Å². The molecule has 0 atom stereocenters. The lowest BCUT2D eigenvalue weighted by Crippen LogP contribution is -2.32. The summed E-state index contributed by atoms with van der Waals surface area (Å²) in [5.74, 6) is 0. The Labute approximate surface area is 91.4 Å². The number of piperidine rings is 1. The second-order valence-electron chi connectivity index (χ2n) is 4.09. The topological polar surface area (TPSA) is 26.2 Å². The fourth-order valence-electron chi connectivity index (χ4n) is 1.98. The number of aryl methyl sites for hydroxylation is 1. The third-order valence-corrected chi connectivity index (χ3v) is 2.87. The smallest absolute Gasteiger partial charge is 0.0599 e. The molecule has 1 aliphatic heterocycles. The normalized spacial score (nSPS) is 18.1. The van der Waals surface area contributed by atoms with Gasteiger partial charge in [-0.15, -0.1) is 0 Å². The predicted octanol–water partition coefficient (Wildman–Crippen LogP) is 1.65. The average Bonchev–Trinajstić information content (AvgIpc) is 2.79. The van der Waals surface area contributed by atoms with Crippen LogP contribution in [-0.2, 0) is 11.3 Å². The molecule has 0 aromatic carbocycles. The van der Waals surface area contributed by atoms with Crippen LogP contribution in [-0.4, -0.2) is 30.4 Å². The standard InChI is InChI=1S/C12H20N2O/c1-2-9-14(8-1)10-3-11-15-12-4-6-13-7-5-12/h1-2,8-9,12-13H,3-7,10-11H2. The molecule has 3 nitrogen and oxygen atoms in total. The Bertz CT molecular complexity index is 253. The lowest BCUT2D eigenvalue weighted by molar-refractivity contribution is 0.0301. The van der Waals surface area contributed by atoms with E-state index in [0.29, 0.717) is 6.10 Å². The van der Waals surface area contributed by atoms with Crippen molar-refractivity contribution in [2.24, 2.45) is 0 Å². The summed E-state index contributed by atoms with van der Waals surface area (Å²) in [6, 6.07) is 4.13. The van der Waals surface area contributed by atoms with Crippen LogP contribution >= 0.6 is 0 Å². The van der Waals surface area contributed by atoms with E-state index in [-0.39, 0.29) is 0 Å². The molecular formula is C12H20N2O. The third kappa shape index (κ3) is 3.68. The molecule has 1 aliphatic rings. The minimum atomic E-state index is 0.496. The molecule has 3 heteroatoms. The maximum absolute atomic E-state index is 5.83. The van der Waals surface area contributed by atoms with E-state index in [1.54, 1.807) is 0 Å². The van der Waals surface area contributed by atoms with Gasteiger partial charge in [-0.3, -0.25) is 0 Å². The molecule has 15 heavy (non-hydrogen) atoms. The molecule has 0 radical (unpaired) electrons.